The van der Waals surface area contributed by atoms with Crippen molar-refractivity contribution in [3.63, 3.8) is 0 Å². The summed E-state index contributed by atoms with van der Waals surface area (Å²) in [6.07, 6.45) is -0.575. The number of nitrogens with one attached hydrogen (secondary N) is 2. The largest absolute Gasteiger partial charge is 0.405 e. The lowest BCUT2D eigenvalue weighted by Gasteiger charge is -2.21. The molecule has 0 unspecified atom stereocenters. The molecular weight excluding hydrogens is 419 g/mol. The molecule has 8 heteroatoms. The van der Waals surface area contributed by atoms with Crippen LogP contribution in [0.5, 0.6) is 0 Å². The highest BCUT2D eigenvalue weighted by Crippen LogP contribution is 2.28. The molecule has 1 saturated carbocycles. The molecule has 1 aliphatic rings. The number of hydrogen-bond donors (Lipinski definition) is 2. The first kappa shape index (κ1) is 23.8. The molecule has 2 N–H and O–H groups in total. The summed E-state index contributed by atoms with van der Waals surface area (Å²) in [6.45, 7) is 0.105. The number of alkyl halides is 3. The fourth-order valence-corrected chi connectivity index (χ4v) is 3.44. The summed E-state index contributed by atoms with van der Waals surface area (Å²) < 4.78 is 36.7. The van der Waals surface area contributed by atoms with E-state index in [1.165, 1.54) is 17.7 Å². The van der Waals surface area contributed by atoms with Gasteiger partial charge in [-0.1, -0.05) is 42.5 Å². The highest BCUT2D eigenvalue weighted by atomic mass is 19.4. The Morgan fingerprint density at radius 2 is 1.62 bits per heavy atom. The second-order valence-electron chi connectivity index (χ2n) is 8.07. The van der Waals surface area contributed by atoms with Crippen molar-refractivity contribution in [2.75, 3.05) is 19.6 Å². The average molecular weight is 448 g/mol. The Bertz CT molecular complexity index is 882. The lowest BCUT2D eigenvalue weighted by molar-refractivity contribution is -0.123. The molecule has 3 rings (SSSR count). The number of carbonyl (C=O) groups excluding carboxylic acids is 2. The van der Waals surface area contributed by atoms with Crippen molar-refractivity contribution >= 4 is 11.8 Å². The van der Waals surface area contributed by atoms with E-state index in [9.17, 15) is 22.8 Å². The van der Waals surface area contributed by atoms with Crippen LogP contribution in [0, 0.1) is 0 Å². The Morgan fingerprint density at radius 3 is 2.25 bits per heavy atom. The number of benzene rings is 2. The number of carbonyl (C=O) groups is 2. The SMILES string of the molecule is O=C(CN(Cc1ccc(C(=O)NCC(F)(F)F)cc1)C1CC1)NCCCc1ccccc1. The van der Waals surface area contributed by atoms with Crippen LogP contribution in [-0.4, -0.2) is 48.6 Å². The summed E-state index contributed by atoms with van der Waals surface area (Å²) in [5.74, 6) is -0.782. The van der Waals surface area contributed by atoms with Crippen LogP contribution in [0.15, 0.2) is 54.6 Å². The Kier molecular flexibility index (Phi) is 8.27. The lowest BCUT2D eigenvalue weighted by atomic mass is 10.1. The predicted molar refractivity (Wildman–Crippen MR) is 116 cm³/mol. The van der Waals surface area contributed by atoms with Gasteiger partial charge < -0.3 is 10.6 Å². The average Bonchev–Trinajstić information content (AvgIpc) is 3.61. The predicted octanol–water partition coefficient (Wildman–Crippen LogP) is 3.69. The summed E-state index contributed by atoms with van der Waals surface area (Å²) in [7, 11) is 0. The van der Waals surface area contributed by atoms with Crippen LogP contribution in [0.25, 0.3) is 0 Å². The zero-order chi connectivity index (χ0) is 23.0. The summed E-state index contributed by atoms with van der Waals surface area (Å²) in [5.41, 5.74) is 2.32. The van der Waals surface area contributed by atoms with E-state index in [1.54, 1.807) is 12.1 Å². The van der Waals surface area contributed by atoms with Gasteiger partial charge in [-0.25, -0.2) is 0 Å². The van der Waals surface area contributed by atoms with Gasteiger partial charge in [0.1, 0.15) is 6.54 Å². The van der Waals surface area contributed by atoms with Crippen LogP contribution in [0.4, 0.5) is 13.2 Å². The molecule has 0 aliphatic heterocycles. The summed E-state index contributed by atoms with van der Waals surface area (Å²) >= 11 is 0. The molecule has 0 aromatic heterocycles. The lowest BCUT2D eigenvalue weighted by Crippen LogP contribution is -2.38. The standard InChI is InChI=1S/C24H28F3N3O2/c25-24(26,27)17-29-23(32)20-10-8-19(9-11-20)15-30(21-12-13-21)16-22(31)28-14-4-7-18-5-2-1-3-6-18/h1-3,5-6,8-11,21H,4,7,12-17H2,(H,28,31)(H,29,32). The molecule has 0 bridgehead atoms. The molecule has 1 aliphatic carbocycles. The number of aryl methyl sites for hydroxylation is 1. The van der Waals surface area contributed by atoms with Crippen molar-refractivity contribution < 1.29 is 22.8 Å². The van der Waals surface area contributed by atoms with Crippen LogP contribution in [-0.2, 0) is 17.8 Å². The minimum atomic E-state index is -4.44. The van der Waals surface area contributed by atoms with Crippen LogP contribution < -0.4 is 10.6 Å². The van der Waals surface area contributed by atoms with Crippen molar-refractivity contribution in [1.29, 1.82) is 0 Å². The number of nitrogens with zero attached hydrogens (tertiary/aromatic N) is 1. The van der Waals surface area contributed by atoms with E-state index in [1.807, 2.05) is 23.5 Å². The van der Waals surface area contributed by atoms with Crippen molar-refractivity contribution in [3.8, 4) is 0 Å². The molecule has 172 valence electrons. The van der Waals surface area contributed by atoms with Crippen LogP contribution >= 0.6 is 0 Å². The molecule has 2 amide bonds. The summed E-state index contributed by atoms with van der Waals surface area (Å²) in [6, 6.07) is 16.9. The van der Waals surface area contributed by atoms with E-state index in [0.717, 1.165) is 31.2 Å². The van der Waals surface area contributed by atoms with E-state index < -0.39 is 18.6 Å². The van der Waals surface area contributed by atoms with Gasteiger partial charge in [-0.2, -0.15) is 13.2 Å². The zero-order valence-corrected chi connectivity index (χ0v) is 17.8. The van der Waals surface area contributed by atoms with Gasteiger partial charge in [0.2, 0.25) is 5.91 Å². The van der Waals surface area contributed by atoms with E-state index >= 15 is 0 Å². The number of rotatable bonds is 11. The van der Waals surface area contributed by atoms with Crippen molar-refractivity contribution in [2.45, 2.75) is 44.4 Å². The Hall–Kier alpha value is -2.87. The van der Waals surface area contributed by atoms with Gasteiger partial charge in [-0.15, -0.1) is 0 Å². The topological polar surface area (TPSA) is 61.4 Å². The fourth-order valence-electron chi connectivity index (χ4n) is 3.44. The molecule has 32 heavy (non-hydrogen) atoms. The fraction of sp³-hybridized carbons (Fsp3) is 0.417. The molecule has 2 aromatic rings. The van der Waals surface area contributed by atoms with Gasteiger partial charge in [0.15, 0.2) is 0 Å². The third kappa shape index (κ3) is 8.34. The minimum absolute atomic E-state index is 0.0203. The Morgan fingerprint density at radius 1 is 0.938 bits per heavy atom. The third-order valence-electron chi connectivity index (χ3n) is 5.27. The van der Waals surface area contributed by atoms with Gasteiger partial charge in [-0.3, -0.25) is 14.5 Å². The third-order valence-corrected chi connectivity index (χ3v) is 5.27. The molecule has 2 aromatic carbocycles. The molecule has 1 fully saturated rings. The first-order chi connectivity index (χ1) is 15.3. The summed E-state index contributed by atoms with van der Waals surface area (Å²) in [5, 5.41) is 4.84. The van der Waals surface area contributed by atoms with Crippen LogP contribution in [0.1, 0.15) is 40.7 Å². The van der Waals surface area contributed by atoms with Crippen LogP contribution in [0.2, 0.25) is 0 Å². The molecule has 0 heterocycles. The van der Waals surface area contributed by atoms with Gasteiger partial charge in [0, 0.05) is 24.7 Å². The maximum atomic E-state index is 12.4. The summed E-state index contributed by atoms with van der Waals surface area (Å²) in [4.78, 5) is 26.3. The van der Waals surface area contributed by atoms with E-state index in [0.29, 0.717) is 25.7 Å². The molecule has 5 nitrogen and oxygen atoms in total. The highest BCUT2D eigenvalue weighted by molar-refractivity contribution is 5.94. The first-order valence-electron chi connectivity index (χ1n) is 10.8. The van der Waals surface area contributed by atoms with E-state index in [4.69, 9.17) is 0 Å². The number of halogens is 3. The second kappa shape index (κ2) is 11.1. The smallest absolute Gasteiger partial charge is 0.355 e. The molecule has 0 spiro atoms. The minimum Gasteiger partial charge on any atom is -0.355 e. The molecule has 0 saturated heterocycles. The van der Waals surface area contributed by atoms with Gasteiger partial charge in [0.25, 0.3) is 5.91 Å². The van der Waals surface area contributed by atoms with Gasteiger partial charge in [-0.05, 0) is 48.9 Å². The Balaban J connectivity index is 1.43. The monoisotopic (exact) mass is 447 g/mol. The van der Waals surface area contributed by atoms with E-state index in [2.05, 4.69) is 22.3 Å². The van der Waals surface area contributed by atoms with E-state index in [-0.39, 0.29) is 11.5 Å². The quantitative estimate of drug-likeness (QED) is 0.517. The molecule has 0 radical (unpaired) electrons. The molecule has 0 atom stereocenters. The highest BCUT2D eigenvalue weighted by Gasteiger charge is 2.30. The first-order valence-corrected chi connectivity index (χ1v) is 10.8. The van der Waals surface area contributed by atoms with Gasteiger partial charge in [0.05, 0.1) is 6.54 Å². The number of hydrogen-bond acceptors (Lipinski definition) is 3. The van der Waals surface area contributed by atoms with Crippen molar-refractivity contribution in [3.05, 3.63) is 71.3 Å². The second-order valence-corrected chi connectivity index (χ2v) is 8.07. The van der Waals surface area contributed by atoms with Gasteiger partial charge >= 0.3 is 6.18 Å². The van der Waals surface area contributed by atoms with Crippen molar-refractivity contribution in [1.82, 2.24) is 15.5 Å². The maximum Gasteiger partial charge on any atom is 0.405 e. The maximum absolute atomic E-state index is 12.4. The number of amides is 2. The zero-order valence-electron chi connectivity index (χ0n) is 17.8. The van der Waals surface area contributed by atoms with Crippen molar-refractivity contribution in [2.24, 2.45) is 0 Å². The Labute approximate surface area is 186 Å². The normalized spacial score (nSPS) is 13.8. The molecular formula is C24H28F3N3O2. The van der Waals surface area contributed by atoms with Crippen LogP contribution in [0.3, 0.4) is 0 Å².